The first-order chi connectivity index (χ1) is 8.78. The van der Waals surface area contributed by atoms with Crippen molar-refractivity contribution in [2.24, 2.45) is 5.92 Å². The highest BCUT2D eigenvalue weighted by Gasteiger charge is 2.37. The highest BCUT2D eigenvalue weighted by atomic mass is 16.5. The molecule has 2 fully saturated rings. The van der Waals surface area contributed by atoms with Gasteiger partial charge in [0.15, 0.2) is 0 Å². The summed E-state index contributed by atoms with van der Waals surface area (Å²) in [5, 5.41) is 0. The Morgan fingerprint density at radius 2 is 2.00 bits per heavy atom. The third-order valence-electron chi connectivity index (χ3n) is 4.44. The minimum absolute atomic E-state index is 0.136. The summed E-state index contributed by atoms with van der Waals surface area (Å²) in [5.41, 5.74) is -0.218. The van der Waals surface area contributed by atoms with E-state index in [4.69, 9.17) is 4.74 Å². The highest BCUT2D eigenvalue weighted by Crippen LogP contribution is 2.27. The first-order valence-corrected chi connectivity index (χ1v) is 7.45. The van der Waals surface area contributed by atoms with Crippen LogP contribution in [-0.2, 0) is 9.53 Å². The van der Waals surface area contributed by atoms with E-state index in [0.717, 1.165) is 32.5 Å². The van der Waals surface area contributed by atoms with E-state index >= 15 is 0 Å². The summed E-state index contributed by atoms with van der Waals surface area (Å²) >= 11 is 0. The van der Waals surface area contributed by atoms with E-state index in [2.05, 4.69) is 39.6 Å². The zero-order chi connectivity index (χ0) is 14.2. The summed E-state index contributed by atoms with van der Waals surface area (Å²) in [6.07, 6.45) is 2.12. The normalized spacial score (nSPS) is 36.3. The van der Waals surface area contributed by atoms with Gasteiger partial charge in [0.25, 0.3) is 0 Å². The van der Waals surface area contributed by atoms with Crippen molar-refractivity contribution in [1.82, 2.24) is 9.80 Å². The number of hydrogen-bond donors (Lipinski definition) is 0. The fraction of sp³-hybridized carbons (Fsp3) is 0.933. The van der Waals surface area contributed by atoms with Crippen molar-refractivity contribution in [3.8, 4) is 0 Å². The Hall–Kier alpha value is -0.610. The average molecular weight is 268 g/mol. The van der Waals surface area contributed by atoms with Crippen molar-refractivity contribution < 1.29 is 9.53 Å². The summed E-state index contributed by atoms with van der Waals surface area (Å²) in [4.78, 5) is 17.1. The van der Waals surface area contributed by atoms with E-state index in [1.807, 2.05) is 4.90 Å². The summed E-state index contributed by atoms with van der Waals surface area (Å²) in [7, 11) is 2.14. The lowest BCUT2D eigenvalue weighted by molar-refractivity contribution is -0.163. The van der Waals surface area contributed by atoms with Crippen LogP contribution in [0.5, 0.6) is 0 Å². The molecule has 3 atom stereocenters. The van der Waals surface area contributed by atoms with Gasteiger partial charge in [-0.2, -0.15) is 0 Å². The molecule has 4 heteroatoms. The van der Waals surface area contributed by atoms with Crippen molar-refractivity contribution in [2.75, 3.05) is 26.7 Å². The average Bonchev–Trinajstić information content (AvgIpc) is 2.29. The largest absolute Gasteiger partial charge is 0.369 e. The van der Waals surface area contributed by atoms with Crippen LogP contribution >= 0.6 is 0 Å². The van der Waals surface area contributed by atoms with Crippen LogP contribution in [0.2, 0.25) is 0 Å². The second-order valence-electron chi connectivity index (χ2n) is 6.96. The van der Waals surface area contributed by atoms with Gasteiger partial charge in [0, 0.05) is 25.0 Å². The van der Waals surface area contributed by atoms with Gasteiger partial charge in [-0.3, -0.25) is 4.79 Å². The first kappa shape index (κ1) is 14.8. The molecule has 0 N–H and O–H groups in total. The molecule has 0 aromatic carbocycles. The smallest absolute Gasteiger partial charge is 0.225 e. The van der Waals surface area contributed by atoms with Gasteiger partial charge in [0.05, 0.1) is 11.7 Å². The minimum Gasteiger partial charge on any atom is -0.369 e. The predicted octanol–water partition coefficient (Wildman–Crippen LogP) is 1.74. The lowest BCUT2D eigenvalue weighted by Gasteiger charge is -2.44. The molecule has 110 valence electrons. The fourth-order valence-electron chi connectivity index (χ4n) is 3.39. The van der Waals surface area contributed by atoms with Gasteiger partial charge in [0.1, 0.15) is 0 Å². The number of likely N-dealkylation sites (tertiary alicyclic amines) is 1. The number of piperidine rings is 1. The molecule has 2 saturated heterocycles. The molecule has 2 heterocycles. The number of rotatable bonds is 1. The molecular formula is C15H28N2O2. The zero-order valence-corrected chi connectivity index (χ0v) is 13.0. The van der Waals surface area contributed by atoms with Gasteiger partial charge in [0.2, 0.25) is 5.91 Å². The van der Waals surface area contributed by atoms with Gasteiger partial charge in [-0.25, -0.2) is 0 Å². The van der Waals surface area contributed by atoms with Gasteiger partial charge in [-0.15, -0.1) is 0 Å². The van der Waals surface area contributed by atoms with Crippen LogP contribution in [0.15, 0.2) is 0 Å². The Labute approximate surface area is 117 Å². The van der Waals surface area contributed by atoms with Crippen molar-refractivity contribution in [3.05, 3.63) is 0 Å². The Morgan fingerprint density at radius 1 is 1.32 bits per heavy atom. The van der Waals surface area contributed by atoms with Crippen LogP contribution in [0.1, 0.15) is 40.5 Å². The molecule has 0 bridgehead atoms. The third kappa shape index (κ3) is 3.48. The van der Waals surface area contributed by atoms with Crippen LogP contribution in [0, 0.1) is 5.92 Å². The maximum Gasteiger partial charge on any atom is 0.225 e. The van der Waals surface area contributed by atoms with Crippen LogP contribution in [0.25, 0.3) is 0 Å². The number of carbonyl (C=O) groups excluding carboxylic acids is 1. The minimum atomic E-state index is -0.218. The monoisotopic (exact) mass is 268 g/mol. The molecule has 0 radical (unpaired) electrons. The molecule has 2 rings (SSSR count). The molecule has 19 heavy (non-hydrogen) atoms. The Kier molecular flexibility index (Phi) is 4.21. The lowest BCUT2D eigenvalue weighted by atomic mass is 9.90. The zero-order valence-electron chi connectivity index (χ0n) is 13.0. The summed E-state index contributed by atoms with van der Waals surface area (Å²) in [6, 6.07) is 0.508. The number of carbonyl (C=O) groups is 1. The van der Waals surface area contributed by atoms with E-state index in [0.29, 0.717) is 11.9 Å². The molecule has 0 aromatic heterocycles. The number of morpholine rings is 1. The molecular weight excluding hydrogens is 240 g/mol. The van der Waals surface area contributed by atoms with E-state index in [1.165, 1.54) is 0 Å². The quantitative estimate of drug-likeness (QED) is 0.726. The second kappa shape index (κ2) is 5.41. The van der Waals surface area contributed by atoms with Gasteiger partial charge < -0.3 is 14.5 Å². The maximum absolute atomic E-state index is 12.7. The molecule has 0 spiro atoms. The van der Waals surface area contributed by atoms with Crippen LogP contribution in [0.3, 0.4) is 0 Å². The van der Waals surface area contributed by atoms with Crippen LogP contribution in [0.4, 0.5) is 0 Å². The van der Waals surface area contributed by atoms with Crippen LogP contribution < -0.4 is 0 Å². The number of ether oxygens (including phenoxy) is 1. The Morgan fingerprint density at radius 3 is 2.58 bits per heavy atom. The van der Waals surface area contributed by atoms with Gasteiger partial charge >= 0.3 is 0 Å². The standard InChI is InChI=1S/C15H28N2O2/c1-11-8-13(6-7-16(11)5)14(18)17-9-12(2)19-15(3,4)10-17/h11-13H,6-10H2,1-5H3/t11-,12-,13-/m0/s1. The van der Waals surface area contributed by atoms with Crippen molar-refractivity contribution in [3.63, 3.8) is 0 Å². The summed E-state index contributed by atoms with van der Waals surface area (Å²) in [6.45, 7) is 10.9. The fourth-order valence-corrected chi connectivity index (χ4v) is 3.39. The summed E-state index contributed by atoms with van der Waals surface area (Å²) < 4.78 is 5.88. The molecule has 2 aliphatic rings. The predicted molar refractivity (Wildman–Crippen MR) is 76.0 cm³/mol. The number of nitrogens with zero attached hydrogens (tertiary/aromatic N) is 2. The van der Waals surface area contributed by atoms with E-state index < -0.39 is 0 Å². The second-order valence-corrected chi connectivity index (χ2v) is 6.96. The summed E-state index contributed by atoms with van der Waals surface area (Å²) in [5.74, 6) is 0.537. The van der Waals surface area contributed by atoms with Crippen molar-refractivity contribution in [1.29, 1.82) is 0 Å². The number of amides is 1. The molecule has 0 aliphatic carbocycles. The van der Waals surface area contributed by atoms with Crippen molar-refractivity contribution >= 4 is 5.91 Å². The molecule has 0 unspecified atom stereocenters. The number of hydrogen-bond acceptors (Lipinski definition) is 3. The molecule has 0 aromatic rings. The van der Waals surface area contributed by atoms with Crippen LogP contribution in [-0.4, -0.2) is 60.1 Å². The van der Waals surface area contributed by atoms with E-state index in [1.54, 1.807) is 0 Å². The van der Waals surface area contributed by atoms with E-state index in [-0.39, 0.29) is 17.6 Å². The third-order valence-corrected chi connectivity index (χ3v) is 4.44. The molecule has 2 aliphatic heterocycles. The molecule has 4 nitrogen and oxygen atoms in total. The lowest BCUT2D eigenvalue weighted by Crippen LogP contribution is -2.56. The van der Waals surface area contributed by atoms with Gasteiger partial charge in [-0.1, -0.05) is 0 Å². The van der Waals surface area contributed by atoms with Gasteiger partial charge in [-0.05, 0) is 54.1 Å². The molecule has 1 amide bonds. The Bertz CT molecular complexity index is 343. The maximum atomic E-state index is 12.7. The molecule has 0 saturated carbocycles. The van der Waals surface area contributed by atoms with Crippen molar-refractivity contribution in [2.45, 2.75) is 58.3 Å². The highest BCUT2D eigenvalue weighted by molar-refractivity contribution is 5.79. The Balaban J connectivity index is 1.99. The van der Waals surface area contributed by atoms with E-state index in [9.17, 15) is 4.79 Å². The first-order valence-electron chi connectivity index (χ1n) is 7.45. The topological polar surface area (TPSA) is 32.8 Å². The SMILES string of the molecule is C[C@H]1CN(C(=O)[C@H]2CCN(C)[C@@H](C)C2)CC(C)(C)O1.